The zero-order chi connectivity index (χ0) is 16.5. The van der Waals surface area contributed by atoms with Gasteiger partial charge in [-0.3, -0.25) is 4.90 Å². The van der Waals surface area contributed by atoms with Gasteiger partial charge in [0.2, 0.25) is 0 Å². The number of piperidine rings is 1. The van der Waals surface area contributed by atoms with Crippen LogP contribution in [0.4, 0.5) is 0 Å². The van der Waals surface area contributed by atoms with Crippen LogP contribution in [0.1, 0.15) is 37.7 Å². The predicted octanol–water partition coefficient (Wildman–Crippen LogP) is 3.81. The second-order valence-corrected chi connectivity index (χ2v) is 7.28. The van der Waals surface area contributed by atoms with Crippen molar-refractivity contribution in [3.63, 3.8) is 0 Å². The van der Waals surface area contributed by atoms with Crippen LogP contribution in [0.25, 0.3) is 11.0 Å². The molecule has 1 aliphatic carbocycles. The third kappa shape index (κ3) is 3.07. The zero-order valence-electron chi connectivity index (χ0n) is 14.3. The summed E-state index contributed by atoms with van der Waals surface area (Å²) in [6.07, 6.45) is 6.88. The molecular formula is C20H25NO3. The Hall–Kier alpha value is -1.81. The van der Waals surface area contributed by atoms with Crippen LogP contribution in [-0.2, 0) is 6.54 Å². The maximum Gasteiger partial charge on any atom is 0.336 e. The average molecular weight is 327 g/mol. The fourth-order valence-electron chi connectivity index (χ4n) is 4.53. The molecule has 2 fully saturated rings. The molecule has 24 heavy (non-hydrogen) atoms. The molecule has 1 saturated carbocycles. The van der Waals surface area contributed by atoms with Crippen LogP contribution in [0.5, 0.6) is 5.75 Å². The first-order valence-electron chi connectivity index (χ1n) is 9.06. The molecule has 0 unspecified atom stereocenters. The Morgan fingerprint density at radius 1 is 1.17 bits per heavy atom. The van der Waals surface area contributed by atoms with E-state index in [-0.39, 0.29) is 5.63 Å². The number of hydrogen-bond acceptors (Lipinski definition) is 4. The summed E-state index contributed by atoms with van der Waals surface area (Å²) >= 11 is 0. The zero-order valence-corrected chi connectivity index (χ0v) is 14.3. The fourth-order valence-corrected chi connectivity index (χ4v) is 4.53. The van der Waals surface area contributed by atoms with E-state index in [1.807, 2.05) is 12.1 Å². The van der Waals surface area contributed by atoms with Crippen molar-refractivity contribution in [2.24, 2.45) is 11.8 Å². The predicted molar refractivity (Wildman–Crippen MR) is 94.4 cm³/mol. The lowest BCUT2D eigenvalue weighted by Gasteiger charge is -2.41. The molecule has 128 valence electrons. The lowest BCUT2D eigenvalue weighted by atomic mass is 9.75. The highest BCUT2D eigenvalue weighted by atomic mass is 16.5. The Bertz CT molecular complexity index is 782. The average Bonchev–Trinajstić information content (AvgIpc) is 2.61. The summed E-state index contributed by atoms with van der Waals surface area (Å²) in [4.78, 5) is 14.5. The number of nitrogens with zero attached hydrogens (tertiary/aromatic N) is 1. The highest BCUT2D eigenvalue weighted by Crippen LogP contribution is 2.36. The first kappa shape index (κ1) is 15.7. The van der Waals surface area contributed by atoms with Gasteiger partial charge in [-0.2, -0.15) is 0 Å². The lowest BCUT2D eigenvalue weighted by molar-refractivity contribution is 0.0822. The van der Waals surface area contributed by atoms with Crippen molar-refractivity contribution in [3.05, 3.63) is 40.2 Å². The molecule has 4 rings (SSSR count). The van der Waals surface area contributed by atoms with Crippen molar-refractivity contribution in [2.45, 2.75) is 38.6 Å². The van der Waals surface area contributed by atoms with Crippen LogP contribution in [0.2, 0.25) is 0 Å². The smallest absolute Gasteiger partial charge is 0.336 e. The number of likely N-dealkylation sites (tertiary alicyclic amines) is 1. The van der Waals surface area contributed by atoms with Crippen LogP contribution >= 0.6 is 0 Å². The van der Waals surface area contributed by atoms with E-state index in [2.05, 4.69) is 4.90 Å². The molecule has 2 aromatic rings. The summed E-state index contributed by atoms with van der Waals surface area (Å²) in [5.74, 6) is 2.49. The van der Waals surface area contributed by atoms with E-state index >= 15 is 0 Å². The minimum Gasteiger partial charge on any atom is -0.497 e. The first-order valence-corrected chi connectivity index (χ1v) is 9.06. The van der Waals surface area contributed by atoms with Gasteiger partial charge in [0.25, 0.3) is 0 Å². The summed E-state index contributed by atoms with van der Waals surface area (Å²) < 4.78 is 10.6. The van der Waals surface area contributed by atoms with Crippen molar-refractivity contribution >= 4 is 11.0 Å². The lowest BCUT2D eigenvalue weighted by Crippen LogP contribution is -2.41. The van der Waals surface area contributed by atoms with E-state index in [9.17, 15) is 4.79 Å². The molecule has 0 amide bonds. The van der Waals surface area contributed by atoms with Gasteiger partial charge in [0.1, 0.15) is 11.3 Å². The van der Waals surface area contributed by atoms with E-state index in [4.69, 9.17) is 9.15 Å². The van der Waals surface area contributed by atoms with Gasteiger partial charge in [-0.05, 0) is 48.9 Å². The molecule has 0 bridgehead atoms. The van der Waals surface area contributed by atoms with Crippen molar-refractivity contribution in [2.75, 3.05) is 20.2 Å². The Morgan fingerprint density at radius 2 is 2.00 bits per heavy atom. The van der Waals surface area contributed by atoms with E-state index in [1.165, 1.54) is 38.6 Å². The SMILES string of the molecule is COc1ccc2c(CN3CC[C@H]4CCCC[C@@H]4C3)cc(=O)oc2c1. The maximum absolute atomic E-state index is 11.9. The molecule has 1 saturated heterocycles. The molecule has 0 radical (unpaired) electrons. The molecule has 1 aromatic carbocycles. The number of methoxy groups -OCH3 is 1. The Labute approximate surface area is 142 Å². The number of rotatable bonds is 3. The van der Waals surface area contributed by atoms with Crippen LogP contribution in [0, 0.1) is 11.8 Å². The van der Waals surface area contributed by atoms with Crippen molar-refractivity contribution in [1.29, 1.82) is 0 Å². The molecule has 1 aliphatic heterocycles. The van der Waals surface area contributed by atoms with Crippen molar-refractivity contribution in [1.82, 2.24) is 4.90 Å². The second kappa shape index (κ2) is 6.60. The Kier molecular flexibility index (Phi) is 4.31. The number of ether oxygens (including phenoxy) is 1. The van der Waals surface area contributed by atoms with Gasteiger partial charge < -0.3 is 9.15 Å². The van der Waals surface area contributed by atoms with Crippen LogP contribution < -0.4 is 10.4 Å². The Balaban J connectivity index is 1.59. The summed E-state index contributed by atoms with van der Waals surface area (Å²) in [5.41, 5.74) is 1.40. The number of benzene rings is 1. The molecule has 1 aromatic heterocycles. The Morgan fingerprint density at radius 3 is 2.83 bits per heavy atom. The largest absolute Gasteiger partial charge is 0.497 e. The van der Waals surface area contributed by atoms with Crippen LogP contribution in [0.3, 0.4) is 0 Å². The van der Waals surface area contributed by atoms with E-state index < -0.39 is 0 Å². The molecule has 2 atom stereocenters. The molecule has 4 heteroatoms. The highest BCUT2D eigenvalue weighted by Gasteiger charge is 2.31. The molecule has 4 nitrogen and oxygen atoms in total. The van der Waals surface area contributed by atoms with Gasteiger partial charge in [-0.25, -0.2) is 4.79 Å². The second-order valence-electron chi connectivity index (χ2n) is 7.28. The monoisotopic (exact) mass is 327 g/mol. The third-order valence-corrected chi connectivity index (χ3v) is 5.81. The van der Waals surface area contributed by atoms with Crippen LogP contribution in [-0.4, -0.2) is 25.1 Å². The molecular weight excluding hydrogens is 302 g/mol. The minimum atomic E-state index is -0.279. The topological polar surface area (TPSA) is 42.7 Å². The maximum atomic E-state index is 11.9. The fraction of sp³-hybridized carbons (Fsp3) is 0.550. The first-order chi connectivity index (χ1) is 11.7. The minimum absolute atomic E-state index is 0.279. The van der Waals surface area contributed by atoms with Gasteiger partial charge in [-0.15, -0.1) is 0 Å². The standard InChI is InChI=1S/C20H25NO3/c1-23-17-6-7-18-16(10-20(22)24-19(18)11-17)13-21-9-8-14-4-2-3-5-15(14)12-21/h6-7,10-11,14-15H,2-5,8-9,12-13H2,1H3/t14-,15-/m1/s1. The van der Waals surface area contributed by atoms with Gasteiger partial charge in [0.05, 0.1) is 7.11 Å². The summed E-state index contributed by atoms with van der Waals surface area (Å²) in [6.45, 7) is 3.14. The van der Waals surface area contributed by atoms with E-state index in [1.54, 1.807) is 19.2 Å². The summed E-state index contributed by atoms with van der Waals surface area (Å²) in [5, 5.41) is 1.01. The van der Waals surface area contributed by atoms with E-state index in [0.717, 1.165) is 35.9 Å². The van der Waals surface area contributed by atoms with Gasteiger partial charge in [0.15, 0.2) is 0 Å². The van der Waals surface area contributed by atoms with Gasteiger partial charge in [-0.1, -0.05) is 19.3 Å². The molecule has 2 heterocycles. The molecule has 2 aliphatic rings. The quantitative estimate of drug-likeness (QED) is 0.804. The van der Waals surface area contributed by atoms with Crippen molar-refractivity contribution in [3.8, 4) is 5.75 Å². The summed E-state index contributed by atoms with van der Waals surface area (Å²) in [7, 11) is 1.62. The number of fused-ring (bicyclic) bond motifs is 2. The number of hydrogen-bond donors (Lipinski definition) is 0. The molecule has 0 spiro atoms. The van der Waals surface area contributed by atoms with Crippen LogP contribution in [0.15, 0.2) is 33.5 Å². The molecule has 0 N–H and O–H groups in total. The van der Waals surface area contributed by atoms with E-state index in [0.29, 0.717) is 11.3 Å². The van der Waals surface area contributed by atoms with Gasteiger partial charge in [0, 0.05) is 30.6 Å². The van der Waals surface area contributed by atoms with Gasteiger partial charge >= 0.3 is 5.63 Å². The highest BCUT2D eigenvalue weighted by molar-refractivity contribution is 5.81. The summed E-state index contributed by atoms with van der Waals surface area (Å²) in [6, 6.07) is 7.38. The van der Waals surface area contributed by atoms with Crippen molar-refractivity contribution < 1.29 is 9.15 Å². The normalized spacial score (nSPS) is 24.7. The third-order valence-electron chi connectivity index (χ3n) is 5.81.